The van der Waals surface area contributed by atoms with Crippen LogP contribution < -0.4 is 14.4 Å². The smallest absolute Gasteiger partial charge is 0.299 e. The molecule has 0 radical (unpaired) electrons. The van der Waals surface area contributed by atoms with Gasteiger partial charge < -0.3 is 14.4 Å². The molecular weight excluding hydrogens is 394 g/mol. The Morgan fingerprint density at radius 2 is 1.50 bits per heavy atom. The van der Waals surface area contributed by atoms with Gasteiger partial charge >= 0.3 is 0 Å². The van der Waals surface area contributed by atoms with E-state index in [-0.39, 0.29) is 0 Å². The highest BCUT2D eigenvalue weighted by Crippen LogP contribution is 2.46. The van der Waals surface area contributed by atoms with Gasteiger partial charge in [-0.15, -0.1) is 13.2 Å². The molecular formula is C29H25NO2. The normalized spacial score (nSPS) is 17.9. The number of hydrogen-bond acceptors (Lipinski definition) is 3. The van der Waals surface area contributed by atoms with Gasteiger partial charge in [0.15, 0.2) is 0 Å². The Hall–Kier alpha value is -3.98. The zero-order valence-electron chi connectivity index (χ0n) is 17.9. The molecule has 0 fully saturated rings. The van der Waals surface area contributed by atoms with E-state index in [1.54, 1.807) is 0 Å². The molecule has 0 saturated carbocycles. The zero-order chi connectivity index (χ0) is 22.0. The monoisotopic (exact) mass is 419 g/mol. The third-order valence-electron chi connectivity index (χ3n) is 5.75. The molecule has 1 atom stereocenters. The molecule has 0 saturated heterocycles. The van der Waals surface area contributed by atoms with Crippen molar-refractivity contribution < 1.29 is 9.47 Å². The van der Waals surface area contributed by atoms with Gasteiger partial charge in [-0.05, 0) is 35.9 Å². The van der Waals surface area contributed by atoms with E-state index >= 15 is 0 Å². The summed E-state index contributed by atoms with van der Waals surface area (Å²) in [5.74, 6) is 0.545. The Bertz CT molecular complexity index is 1210. The van der Waals surface area contributed by atoms with E-state index < -0.39 is 5.79 Å². The molecule has 3 aromatic carbocycles. The van der Waals surface area contributed by atoms with Crippen LogP contribution in [0.4, 0.5) is 5.69 Å². The van der Waals surface area contributed by atoms with E-state index in [1.807, 2.05) is 54.6 Å². The van der Waals surface area contributed by atoms with Crippen molar-refractivity contribution in [1.29, 1.82) is 0 Å². The summed E-state index contributed by atoms with van der Waals surface area (Å²) in [6.45, 7) is 9.22. The van der Waals surface area contributed by atoms with Crippen LogP contribution >= 0.6 is 0 Å². The van der Waals surface area contributed by atoms with Crippen molar-refractivity contribution in [2.75, 3.05) is 18.0 Å². The van der Waals surface area contributed by atoms with Gasteiger partial charge in [0.05, 0.1) is 0 Å². The van der Waals surface area contributed by atoms with Crippen molar-refractivity contribution in [3.05, 3.63) is 121 Å². The highest BCUT2D eigenvalue weighted by molar-refractivity contribution is 5.91. The van der Waals surface area contributed by atoms with Crippen LogP contribution in [0.25, 0.3) is 17.7 Å². The first-order valence-electron chi connectivity index (χ1n) is 10.8. The van der Waals surface area contributed by atoms with Crippen LogP contribution in [-0.2, 0) is 0 Å². The highest BCUT2D eigenvalue weighted by Gasteiger charge is 2.43. The third kappa shape index (κ3) is 3.52. The molecule has 0 N–H and O–H groups in total. The maximum absolute atomic E-state index is 6.68. The maximum Gasteiger partial charge on any atom is 0.299 e. The molecule has 3 heteroatoms. The van der Waals surface area contributed by atoms with E-state index in [0.29, 0.717) is 0 Å². The summed E-state index contributed by atoms with van der Waals surface area (Å²) in [5, 5.41) is 0. The average Bonchev–Trinajstić information content (AvgIpc) is 2.83. The van der Waals surface area contributed by atoms with Gasteiger partial charge in [-0.25, -0.2) is 0 Å². The minimum atomic E-state index is -1.04. The lowest BCUT2D eigenvalue weighted by Gasteiger charge is -2.40. The molecule has 0 bridgehead atoms. The van der Waals surface area contributed by atoms with E-state index in [1.165, 1.54) is 0 Å². The van der Waals surface area contributed by atoms with Crippen molar-refractivity contribution in [2.45, 2.75) is 5.79 Å². The van der Waals surface area contributed by atoms with Crippen LogP contribution in [-0.4, -0.2) is 18.9 Å². The topological polar surface area (TPSA) is 21.7 Å². The number of para-hydroxylation sites is 1. The van der Waals surface area contributed by atoms with Crippen molar-refractivity contribution in [2.24, 2.45) is 0 Å². The van der Waals surface area contributed by atoms with Gasteiger partial charge in [0.1, 0.15) is 11.5 Å². The fourth-order valence-electron chi connectivity index (χ4n) is 4.21. The highest BCUT2D eigenvalue weighted by atomic mass is 16.7. The molecule has 0 aliphatic carbocycles. The minimum absolute atomic E-state index is 0.727. The number of nitrogens with zero attached hydrogens (tertiary/aromatic N) is 1. The lowest BCUT2D eigenvalue weighted by atomic mass is 9.90. The molecule has 5 rings (SSSR count). The number of ether oxygens (including phenoxy) is 2. The maximum atomic E-state index is 6.68. The quantitative estimate of drug-likeness (QED) is 0.420. The van der Waals surface area contributed by atoms with E-state index in [2.05, 4.69) is 66.6 Å². The summed E-state index contributed by atoms with van der Waals surface area (Å²) < 4.78 is 13.2. The van der Waals surface area contributed by atoms with Crippen molar-refractivity contribution in [1.82, 2.24) is 0 Å². The van der Waals surface area contributed by atoms with Crippen LogP contribution in [0.5, 0.6) is 11.5 Å². The van der Waals surface area contributed by atoms with Crippen LogP contribution in [0, 0.1) is 0 Å². The van der Waals surface area contributed by atoms with Crippen molar-refractivity contribution >= 4 is 23.4 Å². The molecule has 32 heavy (non-hydrogen) atoms. The second kappa shape index (κ2) is 8.27. The van der Waals surface area contributed by atoms with Crippen LogP contribution in [0.2, 0.25) is 0 Å². The largest absolute Gasteiger partial charge is 0.444 e. The predicted octanol–water partition coefficient (Wildman–Crippen LogP) is 6.60. The Balaban J connectivity index is 1.60. The third-order valence-corrected chi connectivity index (χ3v) is 5.75. The number of rotatable bonds is 6. The number of benzene rings is 3. The molecule has 2 aliphatic rings. The van der Waals surface area contributed by atoms with Crippen LogP contribution in [0.3, 0.4) is 0 Å². The fourth-order valence-corrected chi connectivity index (χ4v) is 4.21. The Morgan fingerprint density at radius 3 is 2.28 bits per heavy atom. The first-order chi connectivity index (χ1) is 15.7. The number of hydrogen-bond donors (Lipinski definition) is 0. The molecule has 2 heterocycles. The average molecular weight is 420 g/mol. The molecule has 1 spiro atoms. The first-order valence-corrected chi connectivity index (χ1v) is 10.8. The standard InChI is InChI=1S/C29H25NO2/c1-3-18-30(19-4-2)25-15-14-23-16-17-29(32-28(23)21-25)26(22-10-6-5-7-11-22)20-24-12-8-9-13-27(24)31-29/h3-17,20-21H,1-2,18-19H2. The summed E-state index contributed by atoms with van der Waals surface area (Å²) in [4.78, 5) is 2.19. The molecule has 1 unspecified atom stereocenters. The number of fused-ring (bicyclic) bond motifs is 2. The summed E-state index contributed by atoms with van der Waals surface area (Å²) in [6, 6.07) is 24.5. The van der Waals surface area contributed by atoms with Crippen molar-refractivity contribution in [3.63, 3.8) is 0 Å². The molecule has 0 amide bonds. The first kappa shape index (κ1) is 20.0. The zero-order valence-corrected chi connectivity index (χ0v) is 17.9. The molecule has 3 aromatic rings. The summed E-state index contributed by atoms with van der Waals surface area (Å²) in [5.41, 5.74) is 5.14. The van der Waals surface area contributed by atoms with Crippen LogP contribution in [0.1, 0.15) is 16.7 Å². The number of anilines is 1. The molecule has 0 aromatic heterocycles. The Labute approximate surface area is 189 Å². The summed E-state index contributed by atoms with van der Waals surface area (Å²) >= 11 is 0. The second-order valence-corrected chi connectivity index (χ2v) is 7.87. The van der Waals surface area contributed by atoms with Gasteiger partial charge in [0.2, 0.25) is 0 Å². The summed E-state index contributed by atoms with van der Waals surface area (Å²) in [7, 11) is 0. The van der Waals surface area contributed by atoms with E-state index in [4.69, 9.17) is 9.47 Å². The fraction of sp³-hybridized carbons (Fsp3) is 0.103. The van der Waals surface area contributed by atoms with Crippen LogP contribution in [0.15, 0.2) is 104 Å². The Kier molecular flexibility index (Phi) is 5.16. The summed E-state index contributed by atoms with van der Waals surface area (Å²) in [6.07, 6.45) is 10.0. The molecule has 158 valence electrons. The van der Waals surface area contributed by atoms with Crippen molar-refractivity contribution in [3.8, 4) is 11.5 Å². The Morgan fingerprint density at radius 1 is 0.781 bits per heavy atom. The molecule has 3 nitrogen and oxygen atoms in total. The van der Waals surface area contributed by atoms with E-state index in [0.717, 1.165) is 52.5 Å². The second-order valence-electron chi connectivity index (χ2n) is 7.87. The SMILES string of the molecule is C=CCN(CC=C)c1ccc2c(c1)OC1(C=C2)Oc2ccccc2C=C1c1ccccc1. The van der Waals surface area contributed by atoms with Gasteiger partial charge in [0.25, 0.3) is 5.79 Å². The van der Waals surface area contributed by atoms with Gasteiger partial charge in [0, 0.05) is 47.6 Å². The predicted molar refractivity (Wildman–Crippen MR) is 133 cm³/mol. The van der Waals surface area contributed by atoms with Gasteiger partial charge in [-0.3, -0.25) is 0 Å². The minimum Gasteiger partial charge on any atom is -0.444 e. The lowest BCUT2D eigenvalue weighted by Crippen LogP contribution is -2.44. The molecule has 2 aliphatic heterocycles. The van der Waals surface area contributed by atoms with Gasteiger partial charge in [-0.2, -0.15) is 0 Å². The lowest BCUT2D eigenvalue weighted by molar-refractivity contribution is -0.0211. The van der Waals surface area contributed by atoms with Gasteiger partial charge in [-0.1, -0.05) is 60.7 Å². The van der Waals surface area contributed by atoms with E-state index in [9.17, 15) is 0 Å².